The Hall–Kier alpha value is -2.47. The number of rotatable bonds is 7. The van der Waals surface area contributed by atoms with Crippen molar-refractivity contribution >= 4 is 22.9 Å². The van der Waals surface area contributed by atoms with Gasteiger partial charge in [-0.2, -0.15) is 5.10 Å². The van der Waals surface area contributed by atoms with Crippen molar-refractivity contribution in [2.75, 3.05) is 6.54 Å². The molecule has 0 saturated heterocycles. The van der Waals surface area contributed by atoms with Gasteiger partial charge in [-0.3, -0.25) is 4.79 Å². The van der Waals surface area contributed by atoms with Crippen molar-refractivity contribution in [2.45, 2.75) is 40.2 Å². The summed E-state index contributed by atoms with van der Waals surface area (Å²) in [5.41, 5.74) is 4.93. The van der Waals surface area contributed by atoms with E-state index in [0.29, 0.717) is 25.9 Å². The first-order valence-electron chi connectivity index (χ1n) is 8.73. The second-order valence-electron chi connectivity index (χ2n) is 6.46. The van der Waals surface area contributed by atoms with Gasteiger partial charge in [0, 0.05) is 35.3 Å². The lowest BCUT2D eigenvalue weighted by molar-refractivity contribution is -0.131. The number of carbonyl (C=O) groups excluding carboxylic acids is 1. The minimum absolute atomic E-state index is 0.133. The van der Waals surface area contributed by atoms with Crippen molar-refractivity contribution in [3.05, 3.63) is 63.8 Å². The molecular weight excluding hydrogens is 344 g/mol. The van der Waals surface area contributed by atoms with E-state index in [-0.39, 0.29) is 5.91 Å². The number of thiophene rings is 1. The molecule has 26 heavy (non-hydrogen) atoms. The SMILES string of the molecule is C=CCN(Cc1cccs1)C(=O)CCc1c(C)nc2cc(C)nn2c1C. The molecule has 0 unspecified atom stereocenters. The topological polar surface area (TPSA) is 50.5 Å². The van der Waals surface area contributed by atoms with E-state index in [9.17, 15) is 4.79 Å². The van der Waals surface area contributed by atoms with Crippen LogP contribution in [0.5, 0.6) is 0 Å². The largest absolute Gasteiger partial charge is 0.334 e. The molecular formula is C20H24N4OS. The number of fused-ring (bicyclic) bond motifs is 1. The maximum Gasteiger partial charge on any atom is 0.223 e. The summed E-state index contributed by atoms with van der Waals surface area (Å²) in [5, 5.41) is 6.54. The zero-order valence-electron chi connectivity index (χ0n) is 15.5. The zero-order chi connectivity index (χ0) is 18.7. The van der Waals surface area contributed by atoms with Crippen molar-refractivity contribution in [1.29, 1.82) is 0 Å². The van der Waals surface area contributed by atoms with E-state index in [1.807, 2.05) is 47.7 Å². The summed E-state index contributed by atoms with van der Waals surface area (Å²) in [4.78, 5) is 20.4. The summed E-state index contributed by atoms with van der Waals surface area (Å²) < 4.78 is 1.87. The van der Waals surface area contributed by atoms with Gasteiger partial charge in [-0.05, 0) is 44.2 Å². The molecule has 0 fully saturated rings. The van der Waals surface area contributed by atoms with E-state index < -0.39 is 0 Å². The van der Waals surface area contributed by atoms with E-state index in [1.165, 1.54) is 4.88 Å². The Kier molecular flexibility index (Phi) is 5.52. The smallest absolute Gasteiger partial charge is 0.223 e. The number of amides is 1. The second-order valence-corrected chi connectivity index (χ2v) is 7.49. The van der Waals surface area contributed by atoms with Crippen LogP contribution in [0.3, 0.4) is 0 Å². The van der Waals surface area contributed by atoms with Gasteiger partial charge in [-0.25, -0.2) is 9.50 Å². The molecule has 6 heteroatoms. The predicted molar refractivity (Wildman–Crippen MR) is 105 cm³/mol. The Labute approximate surface area is 158 Å². The lowest BCUT2D eigenvalue weighted by atomic mass is 10.1. The standard InChI is InChI=1S/C20H24N4OS/c1-5-10-23(13-17-7-6-11-26-17)20(25)9-8-18-15(3)21-19-12-14(2)22-24(19)16(18)4/h5-7,11-12H,1,8-10,13H2,2-4H3. The summed E-state index contributed by atoms with van der Waals surface area (Å²) in [6.07, 6.45) is 2.90. The third-order valence-corrected chi connectivity index (χ3v) is 5.37. The molecule has 0 N–H and O–H groups in total. The third-order valence-electron chi connectivity index (χ3n) is 4.50. The summed E-state index contributed by atoms with van der Waals surface area (Å²) in [6.45, 7) is 11.0. The van der Waals surface area contributed by atoms with Gasteiger partial charge in [-0.1, -0.05) is 12.1 Å². The molecule has 0 bridgehead atoms. The van der Waals surface area contributed by atoms with E-state index in [4.69, 9.17) is 0 Å². The fourth-order valence-electron chi connectivity index (χ4n) is 3.19. The lowest BCUT2D eigenvalue weighted by Crippen LogP contribution is -2.30. The molecule has 0 saturated carbocycles. The van der Waals surface area contributed by atoms with Crippen LogP contribution < -0.4 is 0 Å². The van der Waals surface area contributed by atoms with E-state index >= 15 is 0 Å². The van der Waals surface area contributed by atoms with Crippen molar-refractivity contribution in [1.82, 2.24) is 19.5 Å². The van der Waals surface area contributed by atoms with Crippen molar-refractivity contribution < 1.29 is 4.79 Å². The molecule has 0 spiro atoms. The normalized spacial score (nSPS) is 11.0. The maximum absolute atomic E-state index is 12.8. The van der Waals surface area contributed by atoms with E-state index in [2.05, 4.69) is 22.7 Å². The molecule has 0 aromatic carbocycles. The Bertz CT molecular complexity index is 927. The molecule has 0 atom stereocenters. The zero-order valence-corrected chi connectivity index (χ0v) is 16.3. The lowest BCUT2D eigenvalue weighted by Gasteiger charge is -2.21. The van der Waals surface area contributed by atoms with Crippen LogP contribution in [-0.4, -0.2) is 31.9 Å². The van der Waals surface area contributed by atoms with Gasteiger partial charge in [0.1, 0.15) is 0 Å². The molecule has 136 valence electrons. The molecule has 3 aromatic rings. The van der Waals surface area contributed by atoms with Crippen LogP contribution in [0.15, 0.2) is 36.2 Å². The van der Waals surface area contributed by atoms with Crippen LogP contribution in [0.1, 0.15) is 33.9 Å². The Morgan fingerprint density at radius 2 is 2.19 bits per heavy atom. The molecule has 0 aliphatic heterocycles. The van der Waals surface area contributed by atoms with Crippen molar-refractivity contribution in [3.63, 3.8) is 0 Å². The summed E-state index contributed by atoms with van der Waals surface area (Å²) >= 11 is 1.67. The van der Waals surface area contributed by atoms with Gasteiger partial charge in [-0.15, -0.1) is 17.9 Å². The van der Waals surface area contributed by atoms with Crippen molar-refractivity contribution in [3.8, 4) is 0 Å². The fourth-order valence-corrected chi connectivity index (χ4v) is 3.91. The third kappa shape index (κ3) is 3.85. The highest BCUT2D eigenvalue weighted by Crippen LogP contribution is 2.18. The van der Waals surface area contributed by atoms with Gasteiger partial charge >= 0.3 is 0 Å². The highest BCUT2D eigenvalue weighted by atomic mass is 32.1. The maximum atomic E-state index is 12.8. The molecule has 0 aliphatic carbocycles. The molecule has 0 radical (unpaired) electrons. The van der Waals surface area contributed by atoms with Gasteiger partial charge in [0.25, 0.3) is 0 Å². The van der Waals surface area contributed by atoms with Gasteiger partial charge in [0.2, 0.25) is 5.91 Å². The molecule has 3 aromatic heterocycles. The van der Waals surface area contributed by atoms with E-state index in [0.717, 1.165) is 28.3 Å². The van der Waals surface area contributed by atoms with Crippen LogP contribution in [-0.2, 0) is 17.8 Å². The number of aryl methyl sites for hydroxylation is 3. The number of nitrogens with zero attached hydrogens (tertiary/aromatic N) is 4. The van der Waals surface area contributed by atoms with Gasteiger partial charge in [0.05, 0.1) is 12.2 Å². The van der Waals surface area contributed by atoms with Crippen molar-refractivity contribution in [2.24, 2.45) is 0 Å². The average molecular weight is 369 g/mol. The minimum atomic E-state index is 0.133. The Morgan fingerprint density at radius 3 is 2.88 bits per heavy atom. The predicted octanol–water partition coefficient (Wildman–Crippen LogP) is 3.86. The fraction of sp³-hybridized carbons (Fsp3) is 0.350. The summed E-state index contributed by atoms with van der Waals surface area (Å²) in [7, 11) is 0. The van der Waals surface area contributed by atoms with Crippen LogP contribution in [0.4, 0.5) is 0 Å². The molecule has 5 nitrogen and oxygen atoms in total. The van der Waals surface area contributed by atoms with Crippen LogP contribution in [0, 0.1) is 20.8 Å². The van der Waals surface area contributed by atoms with Crippen LogP contribution in [0.25, 0.3) is 5.65 Å². The highest BCUT2D eigenvalue weighted by Gasteiger charge is 2.16. The minimum Gasteiger partial charge on any atom is -0.334 e. The number of carbonyl (C=O) groups is 1. The first kappa shape index (κ1) is 18.3. The Morgan fingerprint density at radius 1 is 1.38 bits per heavy atom. The number of hydrogen-bond donors (Lipinski definition) is 0. The first-order chi connectivity index (χ1) is 12.5. The molecule has 0 aliphatic rings. The average Bonchev–Trinajstić information content (AvgIpc) is 3.23. The molecule has 3 heterocycles. The summed E-state index contributed by atoms with van der Waals surface area (Å²) in [5.74, 6) is 0.133. The number of aromatic nitrogens is 3. The van der Waals surface area contributed by atoms with E-state index in [1.54, 1.807) is 17.4 Å². The molecule has 3 rings (SSSR count). The van der Waals surface area contributed by atoms with Gasteiger partial charge < -0.3 is 4.90 Å². The number of hydrogen-bond acceptors (Lipinski definition) is 4. The summed E-state index contributed by atoms with van der Waals surface area (Å²) in [6, 6.07) is 6.04. The quantitative estimate of drug-likeness (QED) is 0.595. The van der Waals surface area contributed by atoms with Crippen LogP contribution >= 0.6 is 11.3 Å². The molecule has 1 amide bonds. The second kappa shape index (κ2) is 7.83. The highest BCUT2D eigenvalue weighted by molar-refractivity contribution is 7.09. The first-order valence-corrected chi connectivity index (χ1v) is 9.61. The van der Waals surface area contributed by atoms with Crippen LogP contribution in [0.2, 0.25) is 0 Å². The Balaban J connectivity index is 1.75. The van der Waals surface area contributed by atoms with Gasteiger partial charge in [0.15, 0.2) is 5.65 Å². The monoisotopic (exact) mass is 368 g/mol.